The van der Waals surface area contributed by atoms with Crippen LogP contribution in [0.3, 0.4) is 0 Å². The zero-order chi connectivity index (χ0) is 22.1. The normalized spacial score (nSPS) is 11.1. The maximum atomic E-state index is 13.5. The van der Waals surface area contributed by atoms with Crippen LogP contribution in [-0.4, -0.2) is 24.5 Å². The first-order valence-corrected chi connectivity index (χ1v) is 11.4. The molecule has 0 bridgehead atoms. The smallest absolute Gasteiger partial charge is 0.267 e. The van der Waals surface area contributed by atoms with Crippen molar-refractivity contribution < 1.29 is 0 Å². The Morgan fingerprint density at radius 3 is 2.22 bits per heavy atom. The van der Waals surface area contributed by atoms with Gasteiger partial charge in [-0.15, -0.1) is 11.3 Å². The van der Waals surface area contributed by atoms with Gasteiger partial charge < -0.3 is 11.5 Å². The third kappa shape index (κ3) is 3.93. The van der Waals surface area contributed by atoms with Gasteiger partial charge in [0, 0.05) is 4.88 Å². The Morgan fingerprint density at radius 2 is 1.53 bits per heavy atom. The SMILES string of the molecule is Nc1nc(N)nc(CSc2nc3sc(-c4ccccc4)cc3c(=O)n2-c2ccccc2)n1. The third-order valence-electron chi connectivity index (χ3n) is 4.65. The maximum Gasteiger partial charge on any atom is 0.267 e. The number of aromatic nitrogens is 5. The van der Waals surface area contributed by atoms with Gasteiger partial charge in [-0.2, -0.15) is 15.0 Å². The first-order chi connectivity index (χ1) is 15.6. The van der Waals surface area contributed by atoms with Crippen molar-refractivity contribution in [3.05, 3.63) is 82.9 Å². The fourth-order valence-electron chi connectivity index (χ4n) is 3.26. The summed E-state index contributed by atoms with van der Waals surface area (Å²) in [4.78, 5) is 32.1. The van der Waals surface area contributed by atoms with Crippen molar-refractivity contribution in [1.82, 2.24) is 24.5 Å². The van der Waals surface area contributed by atoms with Crippen LogP contribution in [0.2, 0.25) is 0 Å². The van der Waals surface area contributed by atoms with Crippen LogP contribution in [0.4, 0.5) is 11.9 Å². The van der Waals surface area contributed by atoms with Crippen molar-refractivity contribution in [1.29, 1.82) is 0 Å². The lowest BCUT2D eigenvalue weighted by molar-refractivity contribution is 0.821. The number of hydrogen-bond donors (Lipinski definition) is 2. The van der Waals surface area contributed by atoms with E-state index in [0.717, 1.165) is 16.1 Å². The van der Waals surface area contributed by atoms with Crippen molar-refractivity contribution in [2.24, 2.45) is 0 Å². The van der Waals surface area contributed by atoms with Crippen molar-refractivity contribution in [2.45, 2.75) is 10.9 Å². The molecule has 3 aromatic heterocycles. The van der Waals surface area contributed by atoms with E-state index in [1.807, 2.05) is 66.7 Å². The number of anilines is 2. The minimum Gasteiger partial charge on any atom is -0.368 e. The van der Waals surface area contributed by atoms with Crippen LogP contribution in [0, 0.1) is 0 Å². The van der Waals surface area contributed by atoms with Gasteiger partial charge in [-0.05, 0) is 23.8 Å². The van der Waals surface area contributed by atoms with Crippen molar-refractivity contribution in [3.63, 3.8) is 0 Å². The monoisotopic (exact) mass is 459 g/mol. The van der Waals surface area contributed by atoms with E-state index < -0.39 is 0 Å². The number of thiophene rings is 1. The molecule has 3 heterocycles. The van der Waals surface area contributed by atoms with Gasteiger partial charge in [-0.25, -0.2) is 4.98 Å². The molecule has 32 heavy (non-hydrogen) atoms. The van der Waals surface area contributed by atoms with E-state index in [-0.39, 0.29) is 17.5 Å². The first-order valence-electron chi connectivity index (χ1n) is 9.64. The van der Waals surface area contributed by atoms with E-state index >= 15 is 0 Å². The van der Waals surface area contributed by atoms with Gasteiger partial charge in [0.1, 0.15) is 10.7 Å². The van der Waals surface area contributed by atoms with Gasteiger partial charge in [0.05, 0.1) is 16.8 Å². The lowest BCUT2D eigenvalue weighted by Gasteiger charge is -2.11. The molecule has 0 aliphatic heterocycles. The van der Waals surface area contributed by atoms with Crippen LogP contribution in [0.1, 0.15) is 5.82 Å². The van der Waals surface area contributed by atoms with Crippen molar-refractivity contribution in [2.75, 3.05) is 11.5 Å². The summed E-state index contributed by atoms with van der Waals surface area (Å²) < 4.78 is 1.61. The molecule has 5 aromatic rings. The minimum atomic E-state index is -0.128. The van der Waals surface area contributed by atoms with Gasteiger partial charge in [-0.3, -0.25) is 9.36 Å². The fourth-order valence-corrected chi connectivity index (χ4v) is 5.20. The Hall–Kier alpha value is -3.76. The quantitative estimate of drug-likeness (QED) is 0.301. The summed E-state index contributed by atoms with van der Waals surface area (Å²) >= 11 is 2.83. The Bertz CT molecular complexity index is 1450. The molecular formula is C22H17N7OS2. The topological polar surface area (TPSA) is 126 Å². The molecule has 0 fully saturated rings. The molecule has 0 saturated heterocycles. The highest BCUT2D eigenvalue weighted by molar-refractivity contribution is 7.98. The van der Waals surface area contributed by atoms with Crippen LogP contribution in [0.25, 0.3) is 26.3 Å². The van der Waals surface area contributed by atoms with Crippen molar-refractivity contribution in [3.8, 4) is 16.1 Å². The summed E-state index contributed by atoms with van der Waals surface area (Å²) in [5.74, 6) is 0.870. The molecule has 2 aromatic carbocycles. The minimum absolute atomic E-state index is 0.0581. The predicted molar refractivity (Wildman–Crippen MR) is 129 cm³/mol. The van der Waals surface area contributed by atoms with Gasteiger partial charge in [-0.1, -0.05) is 60.3 Å². The molecule has 5 rings (SSSR count). The number of thioether (sulfide) groups is 1. The number of nitrogen functional groups attached to an aromatic ring is 2. The molecule has 0 saturated carbocycles. The van der Waals surface area contributed by atoms with E-state index in [2.05, 4.69) is 15.0 Å². The van der Waals surface area contributed by atoms with Crippen LogP contribution in [0.5, 0.6) is 0 Å². The van der Waals surface area contributed by atoms with Gasteiger partial charge >= 0.3 is 0 Å². The molecule has 10 heteroatoms. The predicted octanol–water partition coefficient (Wildman–Crippen LogP) is 3.76. The summed E-state index contributed by atoms with van der Waals surface area (Å²) in [6, 6.07) is 21.3. The van der Waals surface area contributed by atoms with E-state index in [4.69, 9.17) is 16.5 Å². The number of hydrogen-bond acceptors (Lipinski definition) is 9. The maximum absolute atomic E-state index is 13.5. The number of fused-ring (bicyclic) bond motifs is 1. The number of rotatable bonds is 5. The molecular weight excluding hydrogens is 442 g/mol. The average molecular weight is 460 g/mol. The largest absolute Gasteiger partial charge is 0.368 e. The molecule has 0 aliphatic rings. The summed E-state index contributed by atoms with van der Waals surface area (Å²) in [6.45, 7) is 0. The molecule has 0 atom stereocenters. The highest BCUT2D eigenvalue weighted by Gasteiger charge is 2.17. The number of benzene rings is 2. The second-order valence-electron chi connectivity index (χ2n) is 6.82. The molecule has 4 N–H and O–H groups in total. The Labute approximate surface area is 191 Å². The number of nitrogens with zero attached hydrogens (tertiary/aromatic N) is 5. The lowest BCUT2D eigenvalue weighted by Crippen LogP contribution is -2.21. The molecule has 0 aliphatic carbocycles. The van der Waals surface area contributed by atoms with Crippen molar-refractivity contribution >= 4 is 45.2 Å². The second kappa shape index (κ2) is 8.40. The summed E-state index contributed by atoms with van der Waals surface area (Å²) in [6.07, 6.45) is 0. The molecule has 0 unspecified atom stereocenters. The fraction of sp³-hybridized carbons (Fsp3) is 0.0455. The zero-order valence-corrected chi connectivity index (χ0v) is 18.3. The highest BCUT2D eigenvalue weighted by atomic mass is 32.2. The third-order valence-corrected chi connectivity index (χ3v) is 6.67. The summed E-state index contributed by atoms with van der Waals surface area (Å²) in [5.41, 5.74) is 13.0. The van der Waals surface area contributed by atoms with Crippen LogP contribution < -0.4 is 17.0 Å². The van der Waals surface area contributed by atoms with Crippen LogP contribution in [-0.2, 0) is 5.75 Å². The number of nitrogens with two attached hydrogens (primary N) is 2. The van der Waals surface area contributed by atoms with Crippen LogP contribution in [0.15, 0.2) is 76.7 Å². The Morgan fingerprint density at radius 1 is 0.875 bits per heavy atom. The summed E-state index contributed by atoms with van der Waals surface area (Å²) in [5, 5.41) is 1.11. The number of para-hydroxylation sites is 1. The standard InChI is InChI=1S/C22H17N7OS2/c23-20-25-17(26-21(24)28-20)12-31-22-27-18-15(11-16(32-18)13-7-3-1-4-8-13)19(30)29(22)14-9-5-2-6-10-14/h1-11H,12H2,(H4,23,24,25,26,28). The van der Waals surface area contributed by atoms with E-state index in [1.54, 1.807) is 4.57 Å². The zero-order valence-electron chi connectivity index (χ0n) is 16.7. The van der Waals surface area contributed by atoms with E-state index in [0.29, 0.717) is 27.0 Å². The molecule has 158 valence electrons. The van der Waals surface area contributed by atoms with Crippen LogP contribution >= 0.6 is 23.1 Å². The Kier molecular flexibility index (Phi) is 5.29. The molecule has 0 spiro atoms. The van der Waals surface area contributed by atoms with Gasteiger partial charge in [0.2, 0.25) is 11.9 Å². The second-order valence-corrected chi connectivity index (χ2v) is 8.80. The van der Waals surface area contributed by atoms with Gasteiger partial charge in [0.15, 0.2) is 5.16 Å². The molecule has 8 nitrogen and oxygen atoms in total. The van der Waals surface area contributed by atoms with Gasteiger partial charge in [0.25, 0.3) is 5.56 Å². The first kappa shape index (κ1) is 20.2. The molecule has 0 amide bonds. The average Bonchev–Trinajstić information content (AvgIpc) is 3.23. The lowest BCUT2D eigenvalue weighted by atomic mass is 10.2. The highest BCUT2D eigenvalue weighted by Crippen LogP contribution is 2.33. The van der Waals surface area contributed by atoms with E-state index in [9.17, 15) is 4.79 Å². The van der Waals surface area contributed by atoms with E-state index in [1.165, 1.54) is 23.1 Å². The summed E-state index contributed by atoms with van der Waals surface area (Å²) in [7, 11) is 0. The Balaban J connectivity index is 1.63. The molecule has 0 radical (unpaired) electrons.